The highest BCUT2D eigenvalue weighted by Crippen LogP contribution is 2.39. The van der Waals surface area contributed by atoms with Gasteiger partial charge >= 0.3 is 0 Å². The molecule has 0 aliphatic carbocycles. The molecule has 1 aromatic carbocycles. The molecule has 2 unspecified atom stereocenters. The van der Waals surface area contributed by atoms with Gasteiger partial charge in [0.15, 0.2) is 6.23 Å². The topological polar surface area (TPSA) is 55.6 Å². The maximum atomic E-state index is 12.3. The lowest BCUT2D eigenvalue weighted by atomic mass is 9.74. The Kier molecular flexibility index (Phi) is 5.21. The lowest BCUT2D eigenvalue weighted by Gasteiger charge is -2.44. The number of amides is 1. The van der Waals surface area contributed by atoms with Crippen LogP contribution < -0.4 is 10.5 Å². The van der Waals surface area contributed by atoms with E-state index in [4.69, 9.17) is 10.5 Å². The van der Waals surface area contributed by atoms with E-state index in [0.29, 0.717) is 12.8 Å². The minimum absolute atomic E-state index is 0.126. The summed E-state index contributed by atoms with van der Waals surface area (Å²) in [5, 5.41) is 2.04. The molecule has 1 fully saturated rings. The Morgan fingerprint density at radius 3 is 2.75 bits per heavy atom. The number of benzene rings is 1. The zero-order chi connectivity index (χ0) is 17.0. The van der Waals surface area contributed by atoms with Crippen LogP contribution in [0.5, 0.6) is 5.75 Å². The second-order valence-electron chi connectivity index (χ2n) is 6.37. The number of carbonyl (C=O) groups is 1. The zero-order valence-corrected chi connectivity index (χ0v) is 14.8. The van der Waals surface area contributed by atoms with Crippen molar-refractivity contribution in [2.24, 2.45) is 11.1 Å². The molecule has 1 aliphatic rings. The van der Waals surface area contributed by atoms with E-state index in [1.165, 1.54) is 4.88 Å². The van der Waals surface area contributed by atoms with Crippen LogP contribution in [0.2, 0.25) is 0 Å². The Balaban J connectivity index is 1.82. The Morgan fingerprint density at radius 2 is 2.12 bits per heavy atom. The quantitative estimate of drug-likeness (QED) is 0.875. The molecule has 0 saturated carbocycles. The highest BCUT2D eigenvalue weighted by molar-refractivity contribution is 7.09. The third-order valence-corrected chi connectivity index (χ3v) is 5.76. The Morgan fingerprint density at radius 1 is 1.33 bits per heavy atom. The highest BCUT2D eigenvalue weighted by Gasteiger charge is 2.45. The summed E-state index contributed by atoms with van der Waals surface area (Å²) in [5.41, 5.74) is 5.32. The van der Waals surface area contributed by atoms with Gasteiger partial charge in [-0.3, -0.25) is 9.69 Å². The van der Waals surface area contributed by atoms with Gasteiger partial charge in [0.2, 0.25) is 5.91 Å². The van der Waals surface area contributed by atoms with Gasteiger partial charge in [0.05, 0.1) is 5.41 Å². The predicted molar refractivity (Wildman–Crippen MR) is 97.0 cm³/mol. The number of hydrogen-bond acceptors (Lipinski definition) is 4. The number of para-hydroxylation sites is 1. The number of thiophene rings is 1. The number of likely N-dealkylation sites (tertiary alicyclic amines) is 1. The van der Waals surface area contributed by atoms with Gasteiger partial charge in [0.1, 0.15) is 5.75 Å². The Hall–Kier alpha value is -1.85. The maximum Gasteiger partial charge on any atom is 0.224 e. The molecule has 128 valence electrons. The average Bonchev–Trinajstić information content (AvgIpc) is 3.09. The number of primary amides is 1. The van der Waals surface area contributed by atoms with E-state index >= 15 is 0 Å². The van der Waals surface area contributed by atoms with Crippen molar-refractivity contribution < 1.29 is 9.53 Å². The summed E-state index contributed by atoms with van der Waals surface area (Å²) in [6, 6.07) is 13.9. The standard InChI is InChI=1S/C19H24N2O2S/c1-2-21-11-10-19(18(20)22,13-16-9-6-12-24-16)14-17(21)23-15-7-4-3-5-8-15/h3-9,12,17H,2,10-11,13-14H2,1H3,(H2,20,22). The minimum atomic E-state index is -0.532. The molecule has 0 bridgehead atoms. The monoisotopic (exact) mass is 344 g/mol. The van der Waals surface area contributed by atoms with Gasteiger partial charge in [-0.1, -0.05) is 31.2 Å². The molecule has 2 aromatic rings. The zero-order valence-electron chi connectivity index (χ0n) is 14.0. The first kappa shape index (κ1) is 17.0. The fourth-order valence-electron chi connectivity index (χ4n) is 3.42. The third kappa shape index (κ3) is 3.62. The molecule has 2 heterocycles. The van der Waals surface area contributed by atoms with Gasteiger partial charge in [-0.15, -0.1) is 11.3 Å². The number of ether oxygens (including phenoxy) is 1. The van der Waals surface area contributed by atoms with E-state index in [1.54, 1.807) is 11.3 Å². The van der Waals surface area contributed by atoms with Crippen LogP contribution in [0.25, 0.3) is 0 Å². The molecule has 0 radical (unpaired) electrons. The number of nitrogens with zero attached hydrogens (tertiary/aromatic N) is 1. The summed E-state index contributed by atoms with van der Waals surface area (Å²) < 4.78 is 6.20. The summed E-state index contributed by atoms with van der Waals surface area (Å²) in [6.45, 7) is 3.84. The summed E-state index contributed by atoms with van der Waals surface area (Å²) in [5.74, 6) is 0.616. The average molecular weight is 344 g/mol. The van der Waals surface area contributed by atoms with E-state index in [2.05, 4.69) is 17.9 Å². The number of nitrogens with two attached hydrogens (primary N) is 1. The number of hydrogen-bond donors (Lipinski definition) is 1. The van der Waals surface area contributed by atoms with Crippen molar-refractivity contribution in [2.45, 2.75) is 32.4 Å². The van der Waals surface area contributed by atoms with Crippen molar-refractivity contribution in [1.29, 1.82) is 0 Å². The first-order valence-corrected chi connectivity index (χ1v) is 9.29. The molecule has 4 nitrogen and oxygen atoms in total. The summed E-state index contributed by atoms with van der Waals surface area (Å²) in [6.07, 6.45) is 1.98. The first-order valence-electron chi connectivity index (χ1n) is 8.41. The van der Waals surface area contributed by atoms with Gasteiger partial charge in [-0.2, -0.15) is 0 Å². The van der Waals surface area contributed by atoms with Crippen LogP contribution in [0.4, 0.5) is 0 Å². The summed E-state index contributed by atoms with van der Waals surface area (Å²) in [4.78, 5) is 15.8. The van der Waals surface area contributed by atoms with Crippen molar-refractivity contribution >= 4 is 17.2 Å². The minimum Gasteiger partial charge on any atom is -0.475 e. The fraction of sp³-hybridized carbons (Fsp3) is 0.421. The first-order chi connectivity index (χ1) is 11.6. The van der Waals surface area contributed by atoms with Crippen molar-refractivity contribution in [3.05, 3.63) is 52.7 Å². The van der Waals surface area contributed by atoms with E-state index in [-0.39, 0.29) is 12.1 Å². The molecule has 5 heteroatoms. The van der Waals surface area contributed by atoms with Crippen LogP contribution in [0, 0.1) is 5.41 Å². The van der Waals surface area contributed by atoms with Crippen LogP contribution in [-0.2, 0) is 11.2 Å². The van der Waals surface area contributed by atoms with Gasteiger partial charge in [0, 0.05) is 17.8 Å². The Labute approximate surface area is 147 Å². The van der Waals surface area contributed by atoms with E-state index < -0.39 is 5.41 Å². The van der Waals surface area contributed by atoms with Crippen LogP contribution in [0.1, 0.15) is 24.6 Å². The molecule has 2 atom stereocenters. The van der Waals surface area contributed by atoms with Gasteiger partial charge < -0.3 is 10.5 Å². The summed E-state index contributed by atoms with van der Waals surface area (Å²) >= 11 is 1.68. The molecule has 1 aromatic heterocycles. The largest absolute Gasteiger partial charge is 0.475 e. The summed E-state index contributed by atoms with van der Waals surface area (Å²) in [7, 11) is 0. The SMILES string of the molecule is CCN1CCC(Cc2cccs2)(C(N)=O)CC1Oc1ccccc1. The lowest BCUT2D eigenvalue weighted by Crippen LogP contribution is -2.54. The van der Waals surface area contributed by atoms with Crippen molar-refractivity contribution in [2.75, 3.05) is 13.1 Å². The second-order valence-corrected chi connectivity index (χ2v) is 7.40. The lowest BCUT2D eigenvalue weighted by molar-refractivity contribution is -0.137. The van der Waals surface area contributed by atoms with Crippen LogP contribution in [0.3, 0.4) is 0 Å². The smallest absolute Gasteiger partial charge is 0.224 e. The van der Waals surface area contributed by atoms with E-state index in [1.807, 2.05) is 41.8 Å². The molecule has 0 spiro atoms. The number of carbonyl (C=O) groups excluding carboxylic acids is 1. The maximum absolute atomic E-state index is 12.3. The van der Waals surface area contributed by atoms with Gasteiger partial charge in [-0.05, 0) is 43.0 Å². The van der Waals surface area contributed by atoms with Crippen LogP contribution in [-0.4, -0.2) is 30.1 Å². The van der Waals surface area contributed by atoms with Gasteiger partial charge in [0.25, 0.3) is 0 Å². The molecular weight excluding hydrogens is 320 g/mol. The van der Waals surface area contributed by atoms with Crippen LogP contribution >= 0.6 is 11.3 Å². The van der Waals surface area contributed by atoms with E-state index in [0.717, 1.165) is 25.3 Å². The normalized spacial score (nSPS) is 24.6. The number of rotatable bonds is 6. The Bertz CT molecular complexity index is 659. The second kappa shape index (κ2) is 7.36. The molecule has 1 aliphatic heterocycles. The molecular formula is C19H24N2O2S. The molecule has 2 N–H and O–H groups in total. The van der Waals surface area contributed by atoms with Crippen molar-refractivity contribution in [1.82, 2.24) is 4.90 Å². The van der Waals surface area contributed by atoms with Gasteiger partial charge in [-0.25, -0.2) is 0 Å². The third-order valence-electron chi connectivity index (χ3n) is 4.89. The molecule has 1 saturated heterocycles. The molecule has 1 amide bonds. The molecule has 24 heavy (non-hydrogen) atoms. The fourth-order valence-corrected chi connectivity index (χ4v) is 4.27. The van der Waals surface area contributed by atoms with Crippen molar-refractivity contribution in [3.8, 4) is 5.75 Å². The van der Waals surface area contributed by atoms with Crippen molar-refractivity contribution in [3.63, 3.8) is 0 Å². The highest BCUT2D eigenvalue weighted by atomic mass is 32.1. The van der Waals surface area contributed by atoms with Crippen LogP contribution in [0.15, 0.2) is 47.8 Å². The molecule has 3 rings (SSSR count). The predicted octanol–water partition coefficient (Wildman–Crippen LogP) is 3.28. The number of piperidine rings is 1. The van der Waals surface area contributed by atoms with E-state index in [9.17, 15) is 4.79 Å².